The van der Waals surface area contributed by atoms with Crippen LogP contribution < -0.4 is 5.32 Å². The highest BCUT2D eigenvalue weighted by molar-refractivity contribution is 7.13. The van der Waals surface area contributed by atoms with Crippen molar-refractivity contribution in [3.8, 4) is 0 Å². The molecule has 0 spiro atoms. The molecule has 0 bridgehead atoms. The fraction of sp³-hybridized carbons (Fsp3) is 0.545. The second kappa shape index (κ2) is 5.92. The lowest BCUT2D eigenvalue weighted by atomic mass is 10.3. The molecule has 18 heavy (non-hydrogen) atoms. The SMILES string of the molecule is COC(C)C(=O)NC(C)c1nc(C)c(C(=O)O)s1. The van der Waals surface area contributed by atoms with E-state index < -0.39 is 12.1 Å². The van der Waals surface area contributed by atoms with Gasteiger partial charge in [0.05, 0.1) is 11.7 Å². The zero-order valence-corrected chi connectivity index (χ0v) is 11.5. The smallest absolute Gasteiger partial charge is 0.347 e. The lowest BCUT2D eigenvalue weighted by Crippen LogP contribution is -2.35. The van der Waals surface area contributed by atoms with Gasteiger partial charge in [0.2, 0.25) is 5.91 Å². The third-order valence-electron chi connectivity index (χ3n) is 2.46. The van der Waals surface area contributed by atoms with Crippen LogP contribution in [0.15, 0.2) is 0 Å². The first-order valence-electron chi connectivity index (χ1n) is 5.40. The predicted octanol–water partition coefficient (Wildman–Crippen LogP) is 1.36. The number of hydrogen-bond donors (Lipinski definition) is 2. The van der Waals surface area contributed by atoms with Crippen LogP contribution >= 0.6 is 11.3 Å². The molecule has 0 saturated heterocycles. The number of aryl methyl sites for hydroxylation is 1. The Morgan fingerprint density at radius 3 is 2.50 bits per heavy atom. The van der Waals surface area contributed by atoms with Crippen LogP contribution in [0.2, 0.25) is 0 Å². The van der Waals surface area contributed by atoms with Crippen LogP contribution in [0.5, 0.6) is 0 Å². The number of thiazole rings is 1. The van der Waals surface area contributed by atoms with E-state index in [1.807, 2.05) is 0 Å². The van der Waals surface area contributed by atoms with Crippen LogP contribution in [-0.2, 0) is 9.53 Å². The van der Waals surface area contributed by atoms with E-state index in [1.54, 1.807) is 20.8 Å². The van der Waals surface area contributed by atoms with E-state index in [2.05, 4.69) is 10.3 Å². The first-order chi connectivity index (χ1) is 8.36. The van der Waals surface area contributed by atoms with E-state index in [1.165, 1.54) is 7.11 Å². The molecule has 100 valence electrons. The Bertz CT molecular complexity index is 458. The van der Waals surface area contributed by atoms with Crippen LogP contribution in [0.1, 0.15) is 40.3 Å². The Balaban J connectivity index is 2.79. The first-order valence-corrected chi connectivity index (χ1v) is 6.22. The first kappa shape index (κ1) is 14.6. The number of carboxylic acids is 1. The molecular formula is C11H16N2O4S. The van der Waals surface area contributed by atoms with Crippen molar-refractivity contribution in [3.63, 3.8) is 0 Å². The van der Waals surface area contributed by atoms with Gasteiger partial charge in [-0.3, -0.25) is 4.79 Å². The Labute approximate surface area is 109 Å². The number of hydrogen-bond acceptors (Lipinski definition) is 5. The molecule has 6 nitrogen and oxygen atoms in total. The molecule has 0 aliphatic rings. The van der Waals surface area contributed by atoms with Crippen molar-refractivity contribution in [3.05, 3.63) is 15.6 Å². The summed E-state index contributed by atoms with van der Waals surface area (Å²) in [6.07, 6.45) is -0.549. The van der Waals surface area contributed by atoms with E-state index in [4.69, 9.17) is 9.84 Å². The topological polar surface area (TPSA) is 88.5 Å². The third kappa shape index (κ3) is 3.27. The molecule has 7 heteroatoms. The average molecular weight is 272 g/mol. The minimum absolute atomic E-state index is 0.200. The second-order valence-corrected chi connectivity index (χ2v) is 4.91. The number of aromatic nitrogens is 1. The van der Waals surface area contributed by atoms with Gasteiger partial charge in [0.15, 0.2) is 0 Å². The number of carbonyl (C=O) groups excluding carboxylic acids is 1. The van der Waals surface area contributed by atoms with E-state index in [0.717, 1.165) is 11.3 Å². The summed E-state index contributed by atoms with van der Waals surface area (Å²) in [5.41, 5.74) is 0.461. The van der Waals surface area contributed by atoms with Crippen molar-refractivity contribution in [2.24, 2.45) is 0 Å². The number of ether oxygens (including phenoxy) is 1. The Kier molecular flexibility index (Phi) is 4.80. The minimum atomic E-state index is -1.000. The van der Waals surface area contributed by atoms with Gasteiger partial charge in [-0.1, -0.05) is 0 Å². The summed E-state index contributed by atoms with van der Waals surface area (Å²) in [5, 5.41) is 12.2. The predicted molar refractivity (Wildman–Crippen MR) is 66.8 cm³/mol. The van der Waals surface area contributed by atoms with Crippen LogP contribution in [0.4, 0.5) is 0 Å². The zero-order valence-electron chi connectivity index (χ0n) is 10.7. The highest BCUT2D eigenvalue weighted by Crippen LogP contribution is 2.23. The van der Waals surface area contributed by atoms with E-state index >= 15 is 0 Å². The molecule has 0 saturated carbocycles. The van der Waals surface area contributed by atoms with Crippen molar-refractivity contribution in [1.82, 2.24) is 10.3 Å². The highest BCUT2D eigenvalue weighted by atomic mass is 32.1. The maximum absolute atomic E-state index is 11.6. The van der Waals surface area contributed by atoms with E-state index in [9.17, 15) is 9.59 Å². The summed E-state index contributed by atoms with van der Waals surface area (Å²) in [6, 6.07) is -0.341. The Morgan fingerprint density at radius 1 is 1.44 bits per heavy atom. The molecule has 1 aromatic heterocycles. The minimum Gasteiger partial charge on any atom is -0.477 e. The Hall–Kier alpha value is -1.47. The number of amides is 1. The second-order valence-electron chi connectivity index (χ2n) is 3.88. The number of methoxy groups -OCH3 is 1. The number of rotatable bonds is 5. The van der Waals surface area contributed by atoms with Gasteiger partial charge in [0.25, 0.3) is 0 Å². The number of carboxylic acid groups (broad SMARTS) is 1. The molecule has 0 aliphatic carbocycles. The summed E-state index contributed by atoms with van der Waals surface area (Å²) >= 11 is 1.07. The lowest BCUT2D eigenvalue weighted by Gasteiger charge is -2.14. The fourth-order valence-electron chi connectivity index (χ4n) is 1.30. The number of nitrogens with zero attached hydrogens (tertiary/aromatic N) is 1. The molecule has 1 aromatic rings. The van der Waals surface area contributed by atoms with Crippen LogP contribution in [-0.4, -0.2) is 35.2 Å². The number of aromatic carboxylic acids is 1. The van der Waals surface area contributed by atoms with Crippen LogP contribution in [0, 0.1) is 6.92 Å². The summed E-state index contributed by atoms with van der Waals surface area (Å²) in [6.45, 7) is 5.03. The van der Waals surface area contributed by atoms with Gasteiger partial charge >= 0.3 is 5.97 Å². The van der Waals surface area contributed by atoms with Crippen molar-refractivity contribution >= 4 is 23.2 Å². The standard InChI is InChI=1S/C11H16N2O4S/c1-5-8(11(15)16)18-10(13-5)6(2)12-9(14)7(3)17-4/h6-7H,1-4H3,(H,12,14)(H,15,16). The molecule has 2 unspecified atom stereocenters. The van der Waals surface area contributed by atoms with Crippen molar-refractivity contribution < 1.29 is 19.4 Å². The molecule has 1 heterocycles. The number of nitrogens with one attached hydrogen (secondary N) is 1. The highest BCUT2D eigenvalue weighted by Gasteiger charge is 2.20. The van der Waals surface area contributed by atoms with Gasteiger partial charge in [-0.25, -0.2) is 9.78 Å². The molecule has 0 aromatic carbocycles. The summed E-state index contributed by atoms with van der Waals surface area (Å²) in [7, 11) is 1.45. The monoisotopic (exact) mass is 272 g/mol. The van der Waals surface area contributed by atoms with Crippen molar-refractivity contribution in [1.29, 1.82) is 0 Å². The van der Waals surface area contributed by atoms with Crippen LogP contribution in [0.25, 0.3) is 0 Å². The molecule has 0 aliphatic heterocycles. The lowest BCUT2D eigenvalue weighted by molar-refractivity contribution is -0.130. The average Bonchev–Trinajstić information content (AvgIpc) is 2.70. The third-order valence-corrected chi connectivity index (χ3v) is 3.79. The van der Waals surface area contributed by atoms with Crippen molar-refractivity contribution in [2.75, 3.05) is 7.11 Å². The zero-order chi connectivity index (χ0) is 13.9. The molecular weight excluding hydrogens is 256 g/mol. The maximum Gasteiger partial charge on any atom is 0.347 e. The summed E-state index contributed by atoms with van der Waals surface area (Å²) < 4.78 is 4.89. The molecule has 0 fully saturated rings. The van der Waals surface area contributed by atoms with E-state index in [-0.39, 0.29) is 16.8 Å². The maximum atomic E-state index is 11.6. The molecule has 1 amide bonds. The van der Waals surface area contributed by atoms with Gasteiger partial charge in [-0.15, -0.1) is 11.3 Å². The Morgan fingerprint density at radius 2 is 2.06 bits per heavy atom. The molecule has 1 rings (SSSR count). The van der Waals surface area contributed by atoms with Gasteiger partial charge in [-0.2, -0.15) is 0 Å². The largest absolute Gasteiger partial charge is 0.477 e. The van der Waals surface area contributed by atoms with E-state index in [0.29, 0.717) is 10.7 Å². The van der Waals surface area contributed by atoms with Gasteiger partial charge in [0, 0.05) is 7.11 Å². The molecule has 2 N–H and O–H groups in total. The van der Waals surface area contributed by atoms with Gasteiger partial charge in [-0.05, 0) is 20.8 Å². The summed E-state index contributed by atoms with van der Waals surface area (Å²) in [5.74, 6) is -1.25. The normalized spacial score (nSPS) is 14.0. The van der Waals surface area contributed by atoms with Crippen molar-refractivity contribution in [2.45, 2.75) is 32.9 Å². The van der Waals surface area contributed by atoms with Gasteiger partial charge in [0.1, 0.15) is 16.0 Å². The summed E-state index contributed by atoms with van der Waals surface area (Å²) in [4.78, 5) is 26.9. The number of carbonyl (C=O) groups is 2. The van der Waals surface area contributed by atoms with Gasteiger partial charge < -0.3 is 15.2 Å². The fourth-order valence-corrected chi connectivity index (χ4v) is 2.21. The quantitative estimate of drug-likeness (QED) is 0.845. The molecule has 0 radical (unpaired) electrons. The van der Waals surface area contributed by atoms with Crippen LogP contribution in [0.3, 0.4) is 0 Å². The molecule has 2 atom stereocenters.